The molecule has 3 unspecified atom stereocenters. The van der Waals surface area contributed by atoms with Crippen LogP contribution in [0.25, 0.3) is 0 Å². The van der Waals surface area contributed by atoms with Crippen molar-refractivity contribution < 1.29 is 5.11 Å². The van der Waals surface area contributed by atoms with E-state index in [9.17, 15) is 5.11 Å². The molecule has 0 radical (unpaired) electrons. The molecule has 0 aromatic heterocycles. The minimum absolute atomic E-state index is 0.281. The van der Waals surface area contributed by atoms with Gasteiger partial charge >= 0.3 is 0 Å². The molecule has 2 aliphatic rings. The standard InChI is InChI=1S/C18H28N2O/c1-13-7-8-18(21)17(10-13)15(3)20-12-16-6-4-5-9-19(16)11-14(20)2/h7-8,10,14-16,21H,4-6,9,11-12H2,1-3H3. The van der Waals surface area contributed by atoms with E-state index in [1.165, 1.54) is 37.9 Å². The maximum absolute atomic E-state index is 10.2. The van der Waals surface area contributed by atoms with Crippen molar-refractivity contribution in [1.29, 1.82) is 0 Å². The number of aromatic hydroxyl groups is 1. The maximum Gasteiger partial charge on any atom is 0.120 e. The van der Waals surface area contributed by atoms with E-state index in [1.54, 1.807) is 0 Å². The van der Waals surface area contributed by atoms with Gasteiger partial charge in [0.15, 0.2) is 0 Å². The zero-order valence-electron chi connectivity index (χ0n) is 13.5. The summed E-state index contributed by atoms with van der Waals surface area (Å²) < 4.78 is 0. The van der Waals surface area contributed by atoms with Gasteiger partial charge in [-0.25, -0.2) is 0 Å². The number of hydrogen-bond acceptors (Lipinski definition) is 3. The summed E-state index contributed by atoms with van der Waals surface area (Å²) in [6.45, 7) is 10.2. The summed E-state index contributed by atoms with van der Waals surface area (Å²) in [6, 6.07) is 7.50. The molecule has 3 nitrogen and oxygen atoms in total. The van der Waals surface area contributed by atoms with E-state index in [0.29, 0.717) is 17.8 Å². The first-order valence-corrected chi connectivity index (χ1v) is 8.35. The molecule has 2 fully saturated rings. The van der Waals surface area contributed by atoms with E-state index in [1.807, 2.05) is 12.1 Å². The van der Waals surface area contributed by atoms with Gasteiger partial charge < -0.3 is 5.11 Å². The van der Waals surface area contributed by atoms with Crippen LogP contribution in [0.5, 0.6) is 5.75 Å². The fourth-order valence-electron chi connectivity index (χ4n) is 4.10. The first-order chi connectivity index (χ1) is 10.1. The van der Waals surface area contributed by atoms with Crippen molar-refractivity contribution in [2.75, 3.05) is 19.6 Å². The molecule has 3 atom stereocenters. The SMILES string of the molecule is Cc1ccc(O)c(C(C)N2CC3CCCCN3CC2C)c1. The Balaban J connectivity index is 1.80. The normalized spacial score (nSPS) is 29.1. The molecular weight excluding hydrogens is 260 g/mol. The summed E-state index contributed by atoms with van der Waals surface area (Å²) in [5, 5.41) is 10.2. The molecule has 2 saturated heterocycles. The molecular formula is C18H28N2O. The van der Waals surface area contributed by atoms with E-state index >= 15 is 0 Å². The van der Waals surface area contributed by atoms with Crippen molar-refractivity contribution in [3.63, 3.8) is 0 Å². The predicted octanol–water partition coefficient (Wildman–Crippen LogP) is 3.32. The van der Waals surface area contributed by atoms with E-state index < -0.39 is 0 Å². The first-order valence-electron chi connectivity index (χ1n) is 8.35. The number of rotatable bonds is 2. The van der Waals surface area contributed by atoms with Crippen molar-refractivity contribution in [1.82, 2.24) is 9.80 Å². The van der Waals surface area contributed by atoms with Gasteiger partial charge in [0.2, 0.25) is 0 Å². The molecule has 1 aromatic rings. The number of piperidine rings is 1. The smallest absolute Gasteiger partial charge is 0.120 e. The zero-order chi connectivity index (χ0) is 15.0. The fourth-order valence-corrected chi connectivity index (χ4v) is 4.10. The van der Waals surface area contributed by atoms with Crippen LogP contribution >= 0.6 is 0 Å². The Labute approximate surface area is 128 Å². The lowest BCUT2D eigenvalue weighted by Gasteiger charge is -2.49. The summed E-state index contributed by atoms with van der Waals surface area (Å²) in [5.74, 6) is 0.436. The molecule has 0 aliphatic carbocycles. The van der Waals surface area contributed by atoms with Crippen molar-refractivity contribution >= 4 is 0 Å². The highest BCUT2D eigenvalue weighted by Gasteiger charge is 2.35. The second-order valence-electron chi connectivity index (χ2n) is 6.93. The number of piperazine rings is 1. The molecule has 0 amide bonds. The summed E-state index contributed by atoms with van der Waals surface area (Å²) in [7, 11) is 0. The Hall–Kier alpha value is -1.06. The van der Waals surface area contributed by atoms with Gasteiger partial charge in [0.1, 0.15) is 5.75 Å². The number of fused-ring (bicyclic) bond motifs is 1. The van der Waals surface area contributed by atoms with Crippen molar-refractivity contribution in [3.8, 4) is 5.75 Å². The van der Waals surface area contributed by atoms with Gasteiger partial charge in [-0.15, -0.1) is 0 Å². The average Bonchev–Trinajstić information content (AvgIpc) is 2.48. The minimum atomic E-state index is 0.281. The van der Waals surface area contributed by atoms with E-state index in [4.69, 9.17) is 0 Å². The Morgan fingerprint density at radius 2 is 2.05 bits per heavy atom. The summed E-state index contributed by atoms with van der Waals surface area (Å²) in [6.07, 6.45) is 4.06. The van der Waals surface area contributed by atoms with Crippen LogP contribution in [-0.2, 0) is 0 Å². The molecule has 116 valence electrons. The maximum atomic E-state index is 10.2. The Morgan fingerprint density at radius 3 is 2.86 bits per heavy atom. The van der Waals surface area contributed by atoms with Gasteiger partial charge in [0.25, 0.3) is 0 Å². The number of aryl methyl sites for hydroxylation is 1. The molecule has 3 rings (SSSR count). The van der Waals surface area contributed by atoms with Crippen LogP contribution < -0.4 is 0 Å². The average molecular weight is 288 g/mol. The third-order valence-corrected chi connectivity index (χ3v) is 5.37. The molecule has 1 aromatic carbocycles. The monoisotopic (exact) mass is 288 g/mol. The molecule has 0 saturated carbocycles. The lowest BCUT2D eigenvalue weighted by Crippen LogP contribution is -2.58. The molecule has 1 N–H and O–H groups in total. The van der Waals surface area contributed by atoms with Crippen LogP contribution in [0.3, 0.4) is 0 Å². The number of benzene rings is 1. The highest BCUT2D eigenvalue weighted by molar-refractivity contribution is 5.38. The summed E-state index contributed by atoms with van der Waals surface area (Å²) in [4.78, 5) is 5.26. The van der Waals surface area contributed by atoms with Crippen molar-refractivity contribution in [2.45, 2.75) is 58.2 Å². The Bertz CT molecular complexity index is 502. The van der Waals surface area contributed by atoms with Crippen LogP contribution in [-0.4, -0.2) is 46.6 Å². The second-order valence-corrected chi connectivity index (χ2v) is 6.93. The Kier molecular flexibility index (Phi) is 4.23. The number of hydrogen-bond donors (Lipinski definition) is 1. The van der Waals surface area contributed by atoms with E-state index in [-0.39, 0.29) is 6.04 Å². The van der Waals surface area contributed by atoms with Gasteiger partial charge in [-0.1, -0.05) is 24.1 Å². The lowest BCUT2D eigenvalue weighted by atomic mass is 9.94. The number of phenolic OH excluding ortho intramolecular Hbond substituents is 1. The molecule has 3 heteroatoms. The summed E-state index contributed by atoms with van der Waals surface area (Å²) in [5.41, 5.74) is 2.30. The lowest BCUT2D eigenvalue weighted by molar-refractivity contribution is -0.00500. The van der Waals surface area contributed by atoms with Crippen LogP contribution in [0.15, 0.2) is 18.2 Å². The minimum Gasteiger partial charge on any atom is -0.508 e. The topological polar surface area (TPSA) is 26.7 Å². The van der Waals surface area contributed by atoms with Crippen molar-refractivity contribution in [2.24, 2.45) is 0 Å². The van der Waals surface area contributed by atoms with Crippen LogP contribution in [0.2, 0.25) is 0 Å². The molecule has 2 aliphatic heterocycles. The van der Waals surface area contributed by atoms with Crippen LogP contribution in [0, 0.1) is 6.92 Å². The Morgan fingerprint density at radius 1 is 1.24 bits per heavy atom. The second kappa shape index (κ2) is 5.98. The highest BCUT2D eigenvalue weighted by Crippen LogP contribution is 2.34. The summed E-state index contributed by atoms with van der Waals surface area (Å²) >= 11 is 0. The zero-order valence-corrected chi connectivity index (χ0v) is 13.5. The van der Waals surface area contributed by atoms with Gasteiger partial charge in [-0.2, -0.15) is 0 Å². The first kappa shape index (κ1) is 14.9. The number of phenols is 1. The van der Waals surface area contributed by atoms with Gasteiger partial charge in [-0.3, -0.25) is 9.80 Å². The van der Waals surface area contributed by atoms with Gasteiger partial charge in [-0.05, 0) is 46.2 Å². The third-order valence-electron chi connectivity index (χ3n) is 5.37. The van der Waals surface area contributed by atoms with Crippen LogP contribution in [0.4, 0.5) is 0 Å². The fraction of sp³-hybridized carbons (Fsp3) is 0.667. The highest BCUT2D eigenvalue weighted by atomic mass is 16.3. The molecule has 21 heavy (non-hydrogen) atoms. The molecule has 0 bridgehead atoms. The largest absolute Gasteiger partial charge is 0.508 e. The molecule has 0 spiro atoms. The van der Waals surface area contributed by atoms with E-state index in [2.05, 4.69) is 36.6 Å². The van der Waals surface area contributed by atoms with Gasteiger partial charge in [0, 0.05) is 36.8 Å². The third kappa shape index (κ3) is 2.95. The van der Waals surface area contributed by atoms with E-state index in [0.717, 1.165) is 12.1 Å². The van der Waals surface area contributed by atoms with Gasteiger partial charge in [0.05, 0.1) is 0 Å². The number of nitrogens with zero attached hydrogens (tertiary/aromatic N) is 2. The predicted molar refractivity (Wildman–Crippen MR) is 86.6 cm³/mol. The molecule has 2 heterocycles. The van der Waals surface area contributed by atoms with Crippen molar-refractivity contribution in [3.05, 3.63) is 29.3 Å². The quantitative estimate of drug-likeness (QED) is 0.904. The van der Waals surface area contributed by atoms with Crippen LogP contribution in [0.1, 0.15) is 50.3 Å².